The number of carbonyl (C=O) groups is 2. The first-order chi connectivity index (χ1) is 7.95. The zero-order valence-corrected chi connectivity index (χ0v) is 10.9. The van der Waals surface area contributed by atoms with Crippen molar-refractivity contribution in [2.45, 2.75) is 0 Å². The van der Waals surface area contributed by atoms with Crippen molar-refractivity contribution in [3.8, 4) is 0 Å². The van der Waals surface area contributed by atoms with E-state index in [4.69, 9.17) is 5.11 Å². The smallest absolute Gasteiger partial charge is 0.317 e. The molecule has 0 aliphatic heterocycles. The zero-order chi connectivity index (χ0) is 13.3. The molecule has 0 amide bonds. The number of likely N-dealkylation sites (N-methyl/N-ethyl adjacent to an activating group) is 2. The van der Waals surface area contributed by atoms with Crippen molar-refractivity contribution in [3.05, 3.63) is 0 Å². The molecule has 0 spiro atoms. The number of hydrogen-bond donors (Lipinski definition) is 1. The summed E-state index contributed by atoms with van der Waals surface area (Å²) in [5.74, 6) is -0.900. The van der Waals surface area contributed by atoms with Gasteiger partial charge in [0.2, 0.25) is 0 Å². The first-order valence-corrected chi connectivity index (χ1v) is 5.66. The van der Waals surface area contributed by atoms with Crippen LogP contribution in [-0.2, 0) is 9.59 Å². The molecule has 0 bridgehead atoms. The van der Waals surface area contributed by atoms with E-state index in [1.807, 2.05) is 21.1 Å². The van der Waals surface area contributed by atoms with E-state index in [2.05, 4.69) is 9.80 Å². The Morgan fingerprint density at radius 2 is 1.71 bits per heavy atom. The van der Waals surface area contributed by atoms with Crippen LogP contribution >= 0.6 is 0 Å². The minimum absolute atomic E-state index is 0.0831. The highest BCUT2D eigenvalue weighted by Gasteiger charge is 2.09. The lowest BCUT2D eigenvalue weighted by Gasteiger charge is -2.23. The molecule has 0 saturated heterocycles. The minimum Gasteiger partial charge on any atom is -0.480 e. The van der Waals surface area contributed by atoms with Crippen molar-refractivity contribution < 1.29 is 14.7 Å². The van der Waals surface area contributed by atoms with Gasteiger partial charge in [0.05, 0.1) is 13.1 Å². The maximum Gasteiger partial charge on any atom is 0.317 e. The van der Waals surface area contributed by atoms with E-state index < -0.39 is 5.97 Å². The van der Waals surface area contributed by atoms with Gasteiger partial charge < -0.3 is 19.7 Å². The molecular weight excluding hydrogens is 222 g/mol. The molecule has 6 heteroatoms. The largest absolute Gasteiger partial charge is 0.480 e. The molecule has 0 atom stereocenters. The molecule has 1 N–H and O–H groups in total. The highest BCUT2D eigenvalue weighted by molar-refractivity contribution is 5.69. The van der Waals surface area contributed by atoms with E-state index in [9.17, 15) is 9.59 Å². The van der Waals surface area contributed by atoms with E-state index in [1.165, 1.54) is 0 Å². The Balaban J connectivity index is 3.85. The summed E-state index contributed by atoms with van der Waals surface area (Å²) in [5, 5.41) is 8.67. The van der Waals surface area contributed by atoms with Gasteiger partial charge in [0.15, 0.2) is 0 Å². The second-order valence-electron chi connectivity index (χ2n) is 4.40. The normalized spacial score (nSPS) is 11.4. The Bertz CT molecular complexity index is 234. The van der Waals surface area contributed by atoms with Gasteiger partial charge in [-0.05, 0) is 21.1 Å². The Kier molecular flexibility index (Phi) is 8.57. The van der Waals surface area contributed by atoms with Crippen molar-refractivity contribution in [1.82, 2.24) is 14.7 Å². The third-order valence-corrected chi connectivity index (χ3v) is 2.42. The van der Waals surface area contributed by atoms with Crippen molar-refractivity contribution in [2.75, 3.05) is 60.4 Å². The fourth-order valence-corrected chi connectivity index (χ4v) is 1.33. The van der Waals surface area contributed by atoms with Crippen molar-refractivity contribution in [3.63, 3.8) is 0 Å². The monoisotopic (exact) mass is 245 g/mol. The van der Waals surface area contributed by atoms with E-state index in [-0.39, 0.29) is 13.1 Å². The molecule has 17 heavy (non-hydrogen) atoms. The third kappa shape index (κ3) is 9.92. The second-order valence-corrected chi connectivity index (χ2v) is 4.40. The van der Waals surface area contributed by atoms with Crippen LogP contribution in [0.4, 0.5) is 0 Å². The molecule has 0 aromatic heterocycles. The number of carboxylic acids is 1. The summed E-state index contributed by atoms with van der Waals surface area (Å²) >= 11 is 0. The van der Waals surface area contributed by atoms with Gasteiger partial charge in [-0.1, -0.05) is 0 Å². The van der Waals surface area contributed by atoms with Crippen molar-refractivity contribution >= 4 is 12.3 Å². The molecule has 0 aromatic rings. The van der Waals surface area contributed by atoms with Gasteiger partial charge in [0.1, 0.15) is 6.29 Å². The van der Waals surface area contributed by atoms with Crippen LogP contribution in [0.15, 0.2) is 0 Å². The number of carboxylic acid groups (broad SMARTS) is 1. The molecule has 0 rings (SSSR count). The van der Waals surface area contributed by atoms with Gasteiger partial charge in [-0.15, -0.1) is 0 Å². The van der Waals surface area contributed by atoms with E-state index in [1.54, 1.807) is 4.90 Å². The first-order valence-electron chi connectivity index (χ1n) is 5.66. The van der Waals surface area contributed by atoms with Crippen molar-refractivity contribution in [2.24, 2.45) is 0 Å². The second kappa shape index (κ2) is 9.09. The highest BCUT2D eigenvalue weighted by Crippen LogP contribution is 1.90. The minimum atomic E-state index is -0.900. The van der Waals surface area contributed by atoms with Gasteiger partial charge in [0, 0.05) is 26.2 Å². The molecule has 6 nitrogen and oxygen atoms in total. The van der Waals surface area contributed by atoms with Crippen LogP contribution in [0.25, 0.3) is 0 Å². The van der Waals surface area contributed by atoms with Crippen molar-refractivity contribution in [1.29, 1.82) is 0 Å². The molecule has 100 valence electrons. The first kappa shape index (κ1) is 16.0. The topological polar surface area (TPSA) is 64.1 Å². The van der Waals surface area contributed by atoms with Crippen LogP contribution in [0.3, 0.4) is 0 Å². The van der Waals surface area contributed by atoms with Crippen LogP contribution in [0.1, 0.15) is 0 Å². The number of aldehydes is 1. The van der Waals surface area contributed by atoms with E-state index >= 15 is 0 Å². The third-order valence-electron chi connectivity index (χ3n) is 2.42. The van der Waals surface area contributed by atoms with Gasteiger partial charge in [-0.3, -0.25) is 9.69 Å². The molecular formula is C11H23N3O3. The standard InChI is InChI=1S/C11H23N3O3/c1-12(2)4-5-13(3)6-7-14(8-9-15)10-11(16)17/h9H,4-8,10H2,1-3H3,(H,16,17). The lowest BCUT2D eigenvalue weighted by atomic mass is 10.4. The lowest BCUT2D eigenvalue weighted by Crippen LogP contribution is -2.39. The maximum absolute atomic E-state index is 10.6. The molecule has 0 fully saturated rings. The Labute approximate surface area is 103 Å². The zero-order valence-electron chi connectivity index (χ0n) is 10.9. The predicted molar refractivity (Wildman–Crippen MR) is 66.2 cm³/mol. The Hall–Kier alpha value is -0.980. The van der Waals surface area contributed by atoms with Gasteiger partial charge in [-0.25, -0.2) is 0 Å². The number of rotatable bonds is 10. The fraction of sp³-hybridized carbons (Fsp3) is 0.818. The SMILES string of the molecule is CN(C)CCN(C)CCN(CC=O)CC(=O)O. The van der Waals surface area contributed by atoms with Gasteiger partial charge >= 0.3 is 5.97 Å². The predicted octanol–water partition coefficient (Wildman–Crippen LogP) is -0.935. The van der Waals surface area contributed by atoms with Gasteiger partial charge in [-0.2, -0.15) is 0 Å². The molecule has 0 radical (unpaired) electrons. The van der Waals surface area contributed by atoms with Gasteiger partial charge in [0.25, 0.3) is 0 Å². The maximum atomic E-state index is 10.6. The van der Waals surface area contributed by atoms with Crippen LogP contribution < -0.4 is 0 Å². The summed E-state index contributed by atoms with van der Waals surface area (Å²) in [6.45, 7) is 3.33. The Morgan fingerprint density at radius 3 is 2.18 bits per heavy atom. The molecule has 0 aliphatic carbocycles. The Morgan fingerprint density at radius 1 is 1.12 bits per heavy atom. The van der Waals surface area contributed by atoms with E-state index in [0.29, 0.717) is 6.54 Å². The van der Waals surface area contributed by atoms with Crippen LogP contribution in [-0.4, -0.2) is 92.5 Å². The molecule has 0 heterocycles. The van der Waals surface area contributed by atoms with Crippen LogP contribution in [0.5, 0.6) is 0 Å². The molecule has 0 aromatic carbocycles. The number of hydrogen-bond acceptors (Lipinski definition) is 5. The highest BCUT2D eigenvalue weighted by atomic mass is 16.4. The average molecular weight is 245 g/mol. The number of aliphatic carboxylic acids is 1. The summed E-state index contributed by atoms with van der Waals surface area (Å²) in [7, 11) is 6.01. The van der Waals surface area contributed by atoms with E-state index in [0.717, 1.165) is 25.9 Å². The number of carbonyl (C=O) groups excluding carboxylic acids is 1. The summed E-state index contributed by atoms with van der Waals surface area (Å²) in [6.07, 6.45) is 0.739. The molecule has 0 saturated carbocycles. The summed E-state index contributed by atoms with van der Waals surface area (Å²) in [5.41, 5.74) is 0. The average Bonchev–Trinajstić information content (AvgIpc) is 2.22. The number of nitrogens with zero attached hydrogens (tertiary/aromatic N) is 3. The molecule has 0 unspecified atom stereocenters. The summed E-state index contributed by atoms with van der Waals surface area (Å²) < 4.78 is 0. The fourth-order valence-electron chi connectivity index (χ4n) is 1.33. The van der Waals surface area contributed by atoms with Crippen LogP contribution in [0, 0.1) is 0 Å². The molecule has 0 aliphatic rings. The lowest BCUT2D eigenvalue weighted by molar-refractivity contribution is -0.138. The summed E-state index contributed by atoms with van der Waals surface area (Å²) in [4.78, 5) is 26.8. The van der Waals surface area contributed by atoms with Crippen LogP contribution in [0.2, 0.25) is 0 Å². The quantitative estimate of drug-likeness (QED) is 0.501. The summed E-state index contributed by atoms with van der Waals surface area (Å²) in [6, 6.07) is 0.